The molecule has 0 bridgehead atoms. The van der Waals surface area contributed by atoms with Crippen molar-refractivity contribution in [3.63, 3.8) is 0 Å². The van der Waals surface area contributed by atoms with Gasteiger partial charge in [-0.15, -0.1) is 0 Å². The maximum absolute atomic E-state index is 5.23. The highest BCUT2D eigenvalue weighted by atomic mass is 15.1. The van der Waals surface area contributed by atoms with Gasteiger partial charge >= 0.3 is 0 Å². The van der Waals surface area contributed by atoms with Crippen LogP contribution in [0.25, 0.3) is 77.3 Å². The van der Waals surface area contributed by atoms with E-state index in [2.05, 4.69) is 63.7 Å². The van der Waals surface area contributed by atoms with Gasteiger partial charge in [0.15, 0.2) is 0 Å². The Bertz CT molecular complexity index is 2280. The molecule has 7 heteroatoms. The molecule has 0 amide bonds. The number of rotatable bonds is 2. The van der Waals surface area contributed by atoms with Crippen molar-refractivity contribution in [2.24, 2.45) is 0 Å². The average Bonchev–Trinajstić information content (AvgIpc) is 3.51. The van der Waals surface area contributed by atoms with Crippen LogP contribution in [0.5, 0.6) is 0 Å². The Morgan fingerprint density at radius 3 is 1.38 bits per heavy atom. The molecule has 0 aliphatic heterocycles. The Labute approximate surface area is 227 Å². The molecule has 0 spiro atoms. The molecule has 0 aliphatic rings. The molecule has 0 aliphatic carbocycles. The molecule has 7 aromatic heterocycles. The van der Waals surface area contributed by atoms with Crippen LogP contribution < -0.4 is 0 Å². The number of hydrogen-bond donors (Lipinski definition) is 0. The first-order valence-corrected chi connectivity index (χ1v) is 13.1. The molecule has 0 atom stereocenters. The van der Waals surface area contributed by atoms with E-state index in [9.17, 15) is 0 Å². The average molecular weight is 514 g/mol. The molecule has 0 saturated heterocycles. The molecule has 186 valence electrons. The quantitative estimate of drug-likeness (QED) is 0.245. The molecule has 0 fully saturated rings. The van der Waals surface area contributed by atoms with Crippen LogP contribution in [0.3, 0.4) is 0 Å². The third kappa shape index (κ3) is 2.91. The zero-order valence-electron chi connectivity index (χ0n) is 21.1. The van der Waals surface area contributed by atoms with Gasteiger partial charge in [-0.2, -0.15) is 0 Å². The number of benzene rings is 2. The van der Waals surface area contributed by atoms with Crippen molar-refractivity contribution in [3.8, 4) is 11.6 Å². The summed E-state index contributed by atoms with van der Waals surface area (Å²) in [5.74, 6) is 1.63. The van der Waals surface area contributed by atoms with Crippen molar-refractivity contribution in [2.45, 2.75) is 0 Å². The van der Waals surface area contributed by atoms with Crippen LogP contribution in [0.1, 0.15) is 0 Å². The van der Waals surface area contributed by atoms with Crippen molar-refractivity contribution < 1.29 is 0 Å². The largest absolute Gasteiger partial charge is 0.290 e. The van der Waals surface area contributed by atoms with Gasteiger partial charge in [0, 0.05) is 35.6 Å². The highest BCUT2D eigenvalue weighted by Crippen LogP contribution is 2.36. The highest BCUT2D eigenvalue weighted by molar-refractivity contribution is 6.13. The molecule has 9 aromatic rings. The summed E-state index contributed by atoms with van der Waals surface area (Å²) in [4.78, 5) is 24.5. The van der Waals surface area contributed by atoms with Crippen LogP contribution in [-0.2, 0) is 0 Å². The standard InChI is InChI=1S/C33H19N7/c1-3-9-22-18-36-28(15-20(22)7-1)39-24-11-5-13-34-30(24)32-26(39)17-27-33(38-32)31-25(12-6-14-35-31)40(27)29-16-21-8-2-4-10-23(21)19-37-29/h1-19H. The van der Waals surface area contributed by atoms with E-state index in [1.165, 1.54) is 0 Å². The van der Waals surface area contributed by atoms with Gasteiger partial charge in [0.05, 0.1) is 22.1 Å². The van der Waals surface area contributed by atoms with Crippen LogP contribution in [-0.4, -0.2) is 34.1 Å². The first kappa shape index (κ1) is 21.3. The summed E-state index contributed by atoms with van der Waals surface area (Å²) in [5, 5.41) is 4.44. The fraction of sp³-hybridized carbons (Fsp3) is 0. The summed E-state index contributed by atoms with van der Waals surface area (Å²) in [7, 11) is 0. The highest BCUT2D eigenvalue weighted by Gasteiger charge is 2.21. The first-order chi connectivity index (χ1) is 19.8. The first-order valence-electron chi connectivity index (χ1n) is 13.1. The van der Waals surface area contributed by atoms with E-state index < -0.39 is 0 Å². The third-order valence-electron chi connectivity index (χ3n) is 7.66. The Balaban J connectivity index is 1.43. The van der Waals surface area contributed by atoms with Gasteiger partial charge in [0.1, 0.15) is 33.7 Å². The van der Waals surface area contributed by atoms with E-state index in [4.69, 9.17) is 24.9 Å². The molecular weight excluding hydrogens is 494 g/mol. The van der Waals surface area contributed by atoms with Crippen molar-refractivity contribution >= 4 is 65.7 Å². The lowest BCUT2D eigenvalue weighted by Crippen LogP contribution is -1.99. The molecule has 9 rings (SSSR count). The molecule has 0 saturated carbocycles. The number of pyridine rings is 5. The number of aromatic nitrogens is 7. The minimum Gasteiger partial charge on any atom is -0.290 e. The Morgan fingerprint density at radius 1 is 0.400 bits per heavy atom. The SMILES string of the molecule is c1ccc2cc(-n3c4cccnc4c4nc5c6ncccc6n(-c6cc7ccccc7cn6)c5cc43)ncc2c1. The summed E-state index contributed by atoms with van der Waals surface area (Å²) in [6.07, 6.45) is 7.47. The predicted molar refractivity (Wildman–Crippen MR) is 159 cm³/mol. The molecule has 0 N–H and O–H groups in total. The predicted octanol–water partition coefficient (Wildman–Crippen LogP) is 7.16. The summed E-state index contributed by atoms with van der Waals surface area (Å²) in [6, 6.07) is 31.0. The summed E-state index contributed by atoms with van der Waals surface area (Å²) in [5.41, 5.74) is 7.04. The van der Waals surface area contributed by atoms with Crippen molar-refractivity contribution in [2.75, 3.05) is 0 Å². The van der Waals surface area contributed by atoms with E-state index in [-0.39, 0.29) is 0 Å². The lowest BCUT2D eigenvalue weighted by Gasteiger charge is -2.09. The minimum atomic E-state index is 0.814. The summed E-state index contributed by atoms with van der Waals surface area (Å²) in [6.45, 7) is 0. The molecule has 0 radical (unpaired) electrons. The molecule has 7 heterocycles. The second-order valence-electron chi connectivity index (χ2n) is 9.92. The fourth-order valence-corrected chi connectivity index (χ4v) is 5.84. The molecular formula is C33H19N7. The Morgan fingerprint density at radius 2 is 0.875 bits per heavy atom. The summed E-state index contributed by atoms with van der Waals surface area (Å²) < 4.78 is 4.31. The van der Waals surface area contributed by atoms with E-state index in [1.54, 1.807) is 0 Å². The lowest BCUT2D eigenvalue weighted by atomic mass is 10.2. The number of fused-ring (bicyclic) bond motifs is 8. The normalized spacial score (nSPS) is 12.0. The second-order valence-corrected chi connectivity index (χ2v) is 9.92. The van der Waals surface area contributed by atoms with E-state index in [1.807, 2.05) is 61.2 Å². The van der Waals surface area contributed by atoms with Gasteiger partial charge in [0.2, 0.25) is 0 Å². The van der Waals surface area contributed by atoms with Gasteiger partial charge in [-0.05, 0) is 53.2 Å². The van der Waals surface area contributed by atoms with Gasteiger partial charge in [-0.3, -0.25) is 19.1 Å². The van der Waals surface area contributed by atoms with Gasteiger partial charge in [-0.1, -0.05) is 48.5 Å². The van der Waals surface area contributed by atoms with Gasteiger partial charge < -0.3 is 0 Å². The van der Waals surface area contributed by atoms with Crippen molar-refractivity contribution in [1.82, 2.24) is 34.1 Å². The summed E-state index contributed by atoms with van der Waals surface area (Å²) >= 11 is 0. The van der Waals surface area contributed by atoms with Gasteiger partial charge in [0.25, 0.3) is 0 Å². The fourth-order valence-electron chi connectivity index (χ4n) is 5.84. The molecule has 0 unspecified atom stereocenters. The van der Waals surface area contributed by atoms with E-state index >= 15 is 0 Å². The molecule has 40 heavy (non-hydrogen) atoms. The van der Waals surface area contributed by atoms with Crippen molar-refractivity contribution in [1.29, 1.82) is 0 Å². The zero-order chi connectivity index (χ0) is 26.2. The monoisotopic (exact) mass is 513 g/mol. The maximum Gasteiger partial charge on any atom is 0.138 e. The smallest absolute Gasteiger partial charge is 0.138 e. The van der Waals surface area contributed by atoms with Crippen molar-refractivity contribution in [3.05, 3.63) is 116 Å². The van der Waals surface area contributed by atoms with E-state index in [0.717, 1.165) is 77.3 Å². The maximum atomic E-state index is 5.23. The minimum absolute atomic E-state index is 0.814. The van der Waals surface area contributed by atoms with Crippen LogP contribution in [0.2, 0.25) is 0 Å². The number of nitrogens with zero attached hydrogens (tertiary/aromatic N) is 7. The zero-order valence-corrected chi connectivity index (χ0v) is 21.1. The lowest BCUT2D eigenvalue weighted by molar-refractivity contribution is 1.08. The Hall–Kier alpha value is -5.69. The van der Waals surface area contributed by atoms with Crippen LogP contribution in [0, 0.1) is 0 Å². The second kappa shape index (κ2) is 7.91. The van der Waals surface area contributed by atoms with E-state index in [0.29, 0.717) is 0 Å². The van der Waals surface area contributed by atoms with Gasteiger partial charge in [-0.25, -0.2) is 15.0 Å². The Kier molecular flexibility index (Phi) is 4.20. The topological polar surface area (TPSA) is 74.3 Å². The van der Waals surface area contributed by atoms with Crippen LogP contribution in [0.4, 0.5) is 0 Å². The van der Waals surface area contributed by atoms with Crippen LogP contribution in [0.15, 0.2) is 116 Å². The molecule has 7 nitrogen and oxygen atoms in total. The van der Waals surface area contributed by atoms with Crippen LogP contribution >= 0.6 is 0 Å². The number of hydrogen-bond acceptors (Lipinski definition) is 5. The molecule has 2 aromatic carbocycles. The third-order valence-corrected chi connectivity index (χ3v) is 7.66.